The summed E-state index contributed by atoms with van der Waals surface area (Å²) in [5, 5.41) is -0.574. The predicted octanol–water partition coefficient (Wildman–Crippen LogP) is 3.90. The molecule has 0 radical (unpaired) electrons. The Morgan fingerprint density at radius 3 is 2.63 bits per heavy atom. The Bertz CT molecular complexity index is 1150. The molecule has 10 heteroatoms. The molecule has 5 nitrogen and oxygen atoms in total. The number of aromatic nitrogens is 2. The Kier molecular flexibility index (Phi) is 5.16. The molecule has 0 amide bonds. The minimum atomic E-state index is -1.03. The zero-order valence-electron chi connectivity index (χ0n) is 13.6. The van der Waals surface area contributed by atoms with Gasteiger partial charge in [0.1, 0.15) is 17.2 Å². The van der Waals surface area contributed by atoms with Gasteiger partial charge in [-0.25, -0.2) is 22.9 Å². The number of fused-ring (bicyclic) bond motifs is 1. The molecule has 0 saturated carbocycles. The Balaban J connectivity index is 2.52. The molecule has 2 heterocycles. The maximum Gasteiger partial charge on any atom is 0.344 e. The van der Waals surface area contributed by atoms with Crippen molar-refractivity contribution >= 4 is 35.8 Å². The molecule has 3 rings (SSSR count). The number of esters is 1. The van der Waals surface area contributed by atoms with E-state index in [0.29, 0.717) is 16.7 Å². The smallest absolute Gasteiger partial charge is 0.344 e. The lowest BCUT2D eigenvalue weighted by Gasteiger charge is -2.15. The standard InChI is InChI=1S/C17H10ClF3N2O3S/c1-2-26-17(25)12-13(27)11(8-4-3-7(19)5-9(8)20)15-22-14(18)10(21)6-23(15)16(12)24/h3-6,27H,2H2,1H3. The maximum atomic E-state index is 14.4. The van der Waals surface area contributed by atoms with Crippen molar-refractivity contribution in [1.82, 2.24) is 9.38 Å². The lowest BCUT2D eigenvalue weighted by molar-refractivity contribution is 0.0520. The number of benzene rings is 1. The third kappa shape index (κ3) is 3.28. The summed E-state index contributed by atoms with van der Waals surface area (Å²) in [4.78, 5) is 28.4. The van der Waals surface area contributed by atoms with Crippen molar-refractivity contribution in [2.45, 2.75) is 11.8 Å². The number of carbonyl (C=O) groups is 1. The van der Waals surface area contributed by atoms with Crippen molar-refractivity contribution in [3.63, 3.8) is 0 Å². The van der Waals surface area contributed by atoms with Crippen LogP contribution in [-0.2, 0) is 4.74 Å². The summed E-state index contributed by atoms with van der Waals surface area (Å²) in [5.41, 5.74) is -2.11. The summed E-state index contributed by atoms with van der Waals surface area (Å²) in [5.74, 6) is -3.89. The van der Waals surface area contributed by atoms with Crippen LogP contribution < -0.4 is 5.56 Å². The second-order valence-electron chi connectivity index (χ2n) is 5.32. The summed E-state index contributed by atoms with van der Waals surface area (Å²) >= 11 is 9.88. The van der Waals surface area contributed by atoms with Gasteiger partial charge in [0.2, 0.25) is 0 Å². The zero-order chi connectivity index (χ0) is 19.9. The van der Waals surface area contributed by atoms with Crippen LogP contribution in [0.1, 0.15) is 17.3 Å². The molecule has 3 aromatic rings. The van der Waals surface area contributed by atoms with Crippen molar-refractivity contribution in [3.05, 3.63) is 62.9 Å². The molecule has 0 saturated heterocycles. The highest BCUT2D eigenvalue weighted by molar-refractivity contribution is 7.80. The average molecular weight is 415 g/mol. The largest absolute Gasteiger partial charge is 0.462 e. The number of rotatable bonds is 3. The molecule has 2 aromatic heterocycles. The van der Waals surface area contributed by atoms with Gasteiger partial charge in [-0.3, -0.25) is 9.20 Å². The van der Waals surface area contributed by atoms with Gasteiger partial charge in [0.15, 0.2) is 16.6 Å². The van der Waals surface area contributed by atoms with Crippen LogP contribution in [0.5, 0.6) is 0 Å². The van der Waals surface area contributed by atoms with Gasteiger partial charge in [0.25, 0.3) is 5.56 Å². The number of hydrogen-bond donors (Lipinski definition) is 1. The van der Waals surface area contributed by atoms with Gasteiger partial charge in [-0.05, 0) is 19.1 Å². The number of hydrogen-bond acceptors (Lipinski definition) is 5. The first-order valence-electron chi connectivity index (χ1n) is 7.52. The molecule has 0 aliphatic carbocycles. The van der Waals surface area contributed by atoms with Gasteiger partial charge in [-0.15, -0.1) is 12.6 Å². The quantitative estimate of drug-likeness (QED) is 0.401. The van der Waals surface area contributed by atoms with Crippen molar-refractivity contribution in [1.29, 1.82) is 0 Å². The second-order valence-corrected chi connectivity index (χ2v) is 6.13. The highest BCUT2D eigenvalue weighted by Crippen LogP contribution is 2.34. The minimum absolute atomic E-state index is 0.0400. The van der Waals surface area contributed by atoms with E-state index in [4.69, 9.17) is 16.3 Å². The fraction of sp³-hybridized carbons (Fsp3) is 0.118. The molecular weight excluding hydrogens is 405 g/mol. The second kappa shape index (κ2) is 7.24. The van der Waals surface area contributed by atoms with E-state index in [-0.39, 0.29) is 28.3 Å². The maximum absolute atomic E-state index is 14.4. The summed E-state index contributed by atoms with van der Waals surface area (Å²) in [6, 6.07) is 2.67. The number of pyridine rings is 1. The molecule has 0 spiro atoms. The summed E-state index contributed by atoms with van der Waals surface area (Å²) in [6.07, 6.45) is 0.716. The molecule has 140 valence electrons. The van der Waals surface area contributed by atoms with E-state index >= 15 is 0 Å². The van der Waals surface area contributed by atoms with Crippen LogP contribution in [-0.4, -0.2) is 22.0 Å². The van der Waals surface area contributed by atoms with Crippen LogP contribution in [0.3, 0.4) is 0 Å². The first kappa shape index (κ1) is 19.2. The van der Waals surface area contributed by atoms with Gasteiger partial charge in [-0.1, -0.05) is 11.6 Å². The van der Waals surface area contributed by atoms with Crippen LogP contribution in [0.4, 0.5) is 13.2 Å². The molecule has 0 unspecified atom stereocenters. The SMILES string of the molecule is CCOC(=O)c1c(S)c(-c2ccc(F)cc2F)c2nc(Cl)c(F)cn2c1=O. The normalized spacial score (nSPS) is 11.0. The average Bonchev–Trinajstić information content (AvgIpc) is 2.59. The van der Waals surface area contributed by atoms with Gasteiger partial charge < -0.3 is 4.74 Å². The van der Waals surface area contributed by atoms with Crippen LogP contribution in [0.15, 0.2) is 34.1 Å². The molecule has 0 bridgehead atoms. The van der Waals surface area contributed by atoms with E-state index in [2.05, 4.69) is 17.6 Å². The fourth-order valence-electron chi connectivity index (χ4n) is 2.54. The molecule has 27 heavy (non-hydrogen) atoms. The fourth-order valence-corrected chi connectivity index (χ4v) is 3.08. The molecule has 0 fully saturated rings. The van der Waals surface area contributed by atoms with Crippen molar-refractivity contribution in [3.8, 4) is 11.1 Å². The number of halogens is 4. The van der Waals surface area contributed by atoms with Crippen LogP contribution in [0.25, 0.3) is 16.8 Å². The van der Waals surface area contributed by atoms with E-state index in [1.165, 1.54) is 6.92 Å². The summed E-state index contributed by atoms with van der Waals surface area (Å²) in [6.45, 7) is 1.48. The summed E-state index contributed by atoms with van der Waals surface area (Å²) in [7, 11) is 0. The third-order valence-electron chi connectivity index (χ3n) is 3.68. The van der Waals surface area contributed by atoms with Crippen LogP contribution >= 0.6 is 24.2 Å². The molecule has 1 aromatic carbocycles. The van der Waals surface area contributed by atoms with E-state index in [9.17, 15) is 22.8 Å². The van der Waals surface area contributed by atoms with E-state index in [1.54, 1.807) is 0 Å². The van der Waals surface area contributed by atoms with Crippen LogP contribution in [0.2, 0.25) is 5.15 Å². The minimum Gasteiger partial charge on any atom is -0.462 e. The highest BCUT2D eigenvalue weighted by atomic mass is 35.5. The lowest BCUT2D eigenvalue weighted by atomic mass is 10.0. The van der Waals surface area contributed by atoms with E-state index in [0.717, 1.165) is 12.1 Å². The molecule has 0 atom stereocenters. The topological polar surface area (TPSA) is 60.7 Å². The van der Waals surface area contributed by atoms with E-state index < -0.39 is 39.7 Å². The van der Waals surface area contributed by atoms with Crippen LogP contribution in [0, 0.1) is 17.5 Å². The predicted molar refractivity (Wildman–Crippen MR) is 95.0 cm³/mol. The summed E-state index contributed by atoms with van der Waals surface area (Å²) < 4.78 is 47.1. The lowest BCUT2D eigenvalue weighted by Crippen LogP contribution is -2.26. The zero-order valence-corrected chi connectivity index (χ0v) is 15.2. The molecule has 0 N–H and O–H groups in total. The van der Waals surface area contributed by atoms with Gasteiger partial charge >= 0.3 is 5.97 Å². The van der Waals surface area contributed by atoms with Crippen molar-refractivity contribution in [2.75, 3.05) is 6.61 Å². The van der Waals surface area contributed by atoms with Crippen molar-refractivity contribution in [2.24, 2.45) is 0 Å². The Morgan fingerprint density at radius 2 is 2.00 bits per heavy atom. The first-order chi connectivity index (χ1) is 12.8. The van der Waals surface area contributed by atoms with Crippen molar-refractivity contribution < 1.29 is 22.7 Å². The van der Waals surface area contributed by atoms with Gasteiger partial charge in [-0.2, -0.15) is 0 Å². The Labute approximate surface area is 160 Å². The highest BCUT2D eigenvalue weighted by Gasteiger charge is 2.26. The molecule has 0 aliphatic rings. The number of thiol groups is 1. The number of nitrogens with zero attached hydrogens (tertiary/aromatic N) is 2. The third-order valence-corrected chi connectivity index (χ3v) is 4.39. The van der Waals surface area contributed by atoms with E-state index in [1.807, 2.05) is 0 Å². The number of carbonyl (C=O) groups excluding carboxylic acids is 1. The van der Waals surface area contributed by atoms with Gasteiger partial charge in [0, 0.05) is 22.1 Å². The number of ether oxygens (including phenoxy) is 1. The Morgan fingerprint density at radius 1 is 1.30 bits per heavy atom. The molecule has 0 aliphatic heterocycles. The Hall–Kier alpha value is -2.52. The monoisotopic (exact) mass is 414 g/mol. The first-order valence-corrected chi connectivity index (χ1v) is 8.34. The molecular formula is C17H10ClF3N2O3S. The van der Waals surface area contributed by atoms with Gasteiger partial charge in [0.05, 0.1) is 12.8 Å².